The van der Waals surface area contributed by atoms with Crippen LogP contribution < -0.4 is 10.6 Å². The number of nitrogens with one attached hydrogen (secondary N) is 2. The molecule has 1 aromatic rings. The molecule has 1 fully saturated rings. The summed E-state index contributed by atoms with van der Waals surface area (Å²) in [6.45, 7) is 13.5. The van der Waals surface area contributed by atoms with Crippen LogP contribution in [-0.4, -0.2) is 60.9 Å². The smallest absolute Gasteiger partial charge is 0.379 e. The predicted molar refractivity (Wildman–Crippen MR) is 119 cm³/mol. The van der Waals surface area contributed by atoms with Gasteiger partial charge < -0.3 is 15.5 Å². The first-order valence-corrected chi connectivity index (χ1v) is 10.4. The molecule has 1 amide bonds. The van der Waals surface area contributed by atoms with E-state index in [9.17, 15) is 22.4 Å². The minimum Gasteiger partial charge on any atom is -0.379 e. The van der Waals surface area contributed by atoms with Crippen LogP contribution in [0.5, 0.6) is 0 Å². The van der Waals surface area contributed by atoms with E-state index in [1.165, 1.54) is 13.0 Å². The van der Waals surface area contributed by atoms with Crippen LogP contribution in [0.1, 0.15) is 42.3 Å². The zero-order chi connectivity index (χ0) is 24.1. The number of pyridine rings is 1. The molecular formula is C23H30F4N4O. The van der Waals surface area contributed by atoms with Crippen LogP contribution in [0.4, 0.5) is 17.6 Å². The van der Waals surface area contributed by atoms with E-state index in [4.69, 9.17) is 0 Å². The number of carbonyl (C=O) groups excluding carboxylic acids is 1. The number of rotatable bonds is 9. The summed E-state index contributed by atoms with van der Waals surface area (Å²) in [6.07, 6.45) is -3.18. The molecule has 1 aromatic heterocycles. The third-order valence-electron chi connectivity index (χ3n) is 5.36. The van der Waals surface area contributed by atoms with E-state index >= 15 is 0 Å². The lowest BCUT2D eigenvalue weighted by Crippen LogP contribution is -2.48. The van der Waals surface area contributed by atoms with E-state index in [0.29, 0.717) is 49.3 Å². The number of aryl methyl sites for hydroxylation is 1. The highest BCUT2D eigenvalue weighted by atomic mass is 19.4. The van der Waals surface area contributed by atoms with Gasteiger partial charge in [0.15, 0.2) is 0 Å². The number of piperidine rings is 1. The Morgan fingerprint density at radius 3 is 2.62 bits per heavy atom. The zero-order valence-electron chi connectivity index (χ0n) is 18.5. The third kappa shape index (κ3) is 6.66. The highest BCUT2D eigenvalue weighted by Crippen LogP contribution is 2.36. The van der Waals surface area contributed by atoms with Gasteiger partial charge in [-0.05, 0) is 32.4 Å². The lowest BCUT2D eigenvalue weighted by molar-refractivity contribution is -0.118. The number of halogens is 4. The van der Waals surface area contributed by atoms with Gasteiger partial charge in [-0.25, -0.2) is 4.39 Å². The van der Waals surface area contributed by atoms with E-state index in [-0.39, 0.29) is 23.7 Å². The van der Waals surface area contributed by atoms with Crippen molar-refractivity contribution in [1.82, 2.24) is 20.5 Å². The maximum absolute atomic E-state index is 14.5. The Labute approximate surface area is 186 Å². The molecule has 9 heteroatoms. The number of alkyl halides is 4. The number of aromatic nitrogens is 1. The number of likely N-dealkylation sites (tertiary alicyclic amines) is 1. The average Bonchev–Trinajstić information content (AvgIpc) is 2.71. The van der Waals surface area contributed by atoms with E-state index in [2.05, 4.69) is 35.4 Å². The first-order chi connectivity index (χ1) is 14.9. The maximum atomic E-state index is 14.5. The Morgan fingerprint density at radius 2 is 2.06 bits per heavy atom. The van der Waals surface area contributed by atoms with Crippen LogP contribution in [0.3, 0.4) is 0 Å². The minimum absolute atomic E-state index is 0.138. The van der Waals surface area contributed by atoms with Crippen LogP contribution >= 0.6 is 0 Å². The lowest BCUT2D eigenvalue weighted by atomic mass is 9.96. The van der Waals surface area contributed by atoms with E-state index in [1.54, 1.807) is 6.07 Å². The molecule has 2 heterocycles. The summed E-state index contributed by atoms with van der Waals surface area (Å²) in [6, 6.07) is 1.14. The molecule has 1 saturated heterocycles. The second-order valence-electron chi connectivity index (χ2n) is 7.99. The number of hydrogen-bond acceptors (Lipinski definition) is 4. The van der Waals surface area contributed by atoms with Crippen molar-refractivity contribution in [2.24, 2.45) is 0 Å². The van der Waals surface area contributed by atoms with Gasteiger partial charge >= 0.3 is 6.18 Å². The van der Waals surface area contributed by atoms with Gasteiger partial charge in [0.1, 0.15) is 6.17 Å². The van der Waals surface area contributed by atoms with E-state index < -0.39 is 24.0 Å². The van der Waals surface area contributed by atoms with Crippen LogP contribution in [0.2, 0.25) is 0 Å². The summed E-state index contributed by atoms with van der Waals surface area (Å²) in [5.41, 5.74) is -0.219. The van der Waals surface area contributed by atoms with Gasteiger partial charge in [-0.3, -0.25) is 9.78 Å². The van der Waals surface area contributed by atoms with Crippen molar-refractivity contribution in [3.05, 3.63) is 48.3 Å². The van der Waals surface area contributed by atoms with Gasteiger partial charge in [-0.1, -0.05) is 25.8 Å². The Balaban J connectivity index is 2.38. The minimum atomic E-state index is -4.68. The fourth-order valence-corrected chi connectivity index (χ4v) is 3.61. The molecule has 2 N–H and O–H groups in total. The molecular weight excluding hydrogens is 424 g/mol. The highest BCUT2D eigenvalue weighted by molar-refractivity contribution is 5.81. The van der Waals surface area contributed by atoms with E-state index in [1.807, 2.05) is 11.9 Å². The van der Waals surface area contributed by atoms with Gasteiger partial charge in [0.2, 0.25) is 5.91 Å². The van der Waals surface area contributed by atoms with Gasteiger partial charge in [-0.2, -0.15) is 13.2 Å². The van der Waals surface area contributed by atoms with Crippen molar-refractivity contribution in [2.45, 2.75) is 44.6 Å². The van der Waals surface area contributed by atoms with Crippen molar-refractivity contribution >= 4 is 23.3 Å². The predicted octanol–water partition coefficient (Wildman–Crippen LogP) is 3.97. The molecule has 32 heavy (non-hydrogen) atoms. The molecule has 2 unspecified atom stereocenters. The van der Waals surface area contributed by atoms with Crippen molar-refractivity contribution < 1.29 is 22.4 Å². The molecule has 2 atom stereocenters. The second kappa shape index (κ2) is 10.8. The van der Waals surface area contributed by atoms with Crippen molar-refractivity contribution in [3.63, 3.8) is 0 Å². The SMILES string of the molecule is C=Cc1c(C(=C)NC2CCN(C)CC2F)cc(CCCNC(C)=O)nc1C(=C)C(F)(F)F. The fourth-order valence-electron chi connectivity index (χ4n) is 3.61. The van der Waals surface area contributed by atoms with Crippen LogP contribution in [0.25, 0.3) is 17.3 Å². The summed E-state index contributed by atoms with van der Waals surface area (Å²) in [5.74, 6) is -0.191. The molecule has 0 spiro atoms. The summed E-state index contributed by atoms with van der Waals surface area (Å²) in [5, 5.41) is 5.70. The number of allylic oxidation sites excluding steroid dienone is 1. The molecule has 0 bridgehead atoms. The van der Waals surface area contributed by atoms with Crippen LogP contribution in [-0.2, 0) is 11.2 Å². The standard InChI is InChI=1S/C23H30F4N4O/c1-6-18-19(15(3)29-21-9-11-31(5)13-20(21)24)12-17(8-7-10-28-16(4)32)30-22(18)14(2)23(25,26)27/h6,12,20-21,29H,1-3,7-11,13H2,4-5H3,(H,28,32). The topological polar surface area (TPSA) is 57.3 Å². The number of hydrogen-bond donors (Lipinski definition) is 2. The quantitative estimate of drug-likeness (QED) is 0.438. The summed E-state index contributed by atoms with van der Waals surface area (Å²) in [7, 11) is 1.83. The van der Waals surface area contributed by atoms with Crippen molar-refractivity contribution in [2.75, 3.05) is 26.7 Å². The Bertz CT molecular complexity index is 881. The average molecular weight is 455 g/mol. The zero-order valence-corrected chi connectivity index (χ0v) is 18.5. The summed E-state index contributed by atoms with van der Waals surface area (Å²) in [4.78, 5) is 17.1. The van der Waals surface area contributed by atoms with E-state index in [0.717, 1.165) is 0 Å². The fraction of sp³-hybridized carbons (Fsp3) is 0.478. The molecule has 1 aliphatic rings. The van der Waals surface area contributed by atoms with Crippen molar-refractivity contribution in [1.29, 1.82) is 0 Å². The molecule has 0 radical (unpaired) electrons. The third-order valence-corrected chi connectivity index (χ3v) is 5.36. The first-order valence-electron chi connectivity index (χ1n) is 10.4. The van der Waals surface area contributed by atoms with Crippen LogP contribution in [0.15, 0.2) is 25.8 Å². The molecule has 1 aliphatic heterocycles. The molecule has 0 aliphatic carbocycles. The van der Waals surface area contributed by atoms with Gasteiger partial charge in [0.05, 0.1) is 17.3 Å². The molecule has 176 valence electrons. The molecule has 2 rings (SSSR count). The number of carbonyl (C=O) groups is 1. The summed E-state index contributed by atoms with van der Waals surface area (Å²) < 4.78 is 54.9. The highest BCUT2D eigenvalue weighted by Gasteiger charge is 2.36. The Hall–Kier alpha value is -2.68. The maximum Gasteiger partial charge on any atom is 0.417 e. The monoisotopic (exact) mass is 454 g/mol. The summed E-state index contributed by atoms with van der Waals surface area (Å²) >= 11 is 0. The van der Waals surface area contributed by atoms with Gasteiger partial charge in [0, 0.05) is 49.1 Å². The molecule has 5 nitrogen and oxygen atoms in total. The van der Waals surface area contributed by atoms with Gasteiger partial charge in [0.25, 0.3) is 0 Å². The number of amides is 1. The number of nitrogens with zero attached hydrogens (tertiary/aromatic N) is 2. The normalized spacial score (nSPS) is 19.3. The largest absolute Gasteiger partial charge is 0.417 e. The molecule has 0 aromatic carbocycles. The second-order valence-corrected chi connectivity index (χ2v) is 7.99. The lowest BCUT2D eigenvalue weighted by Gasteiger charge is -2.34. The molecule has 0 saturated carbocycles. The first kappa shape index (κ1) is 25.6. The van der Waals surface area contributed by atoms with Gasteiger partial charge in [-0.15, -0.1) is 0 Å². The Morgan fingerprint density at radius 1 is 1.38 bits per heavy atom. The Kier molecular flexibility index (Phi) is 8.60. The van der Waals surface area contributed by atoms with Crippen LogP contribution in [0, 0.1) is 0 Å². The van der Waals surface area contributed by atoms with Crippen molar-refractivity contribution in [3.8, 4) is 0 Å².